The van der Waals surface area contributed by atoms with Crippen molar-refractivity contribution >= 4 is 5.91 Å². The maximum atomic E-state index is 12.0. The molecule has 1 aliphatic rings. The van der Waals surface area contributed by atoms with E-state index in [0.29, 0.717) is 25.7 Å². The second-order valence-electron chi connectivity index (χ2n) is 4.78. The minimum Gasteiger partial charge on any atom is -0.336 e. The molecule has 2 heterocycles. The maximum Gasteiger partial charge on any atom is 0.237 e. The fourth-order valence-electron chi connectivity index (χ4n) is 2.30. The summed E-state index contributed by atoms with van der Waals surface area (Å²) in [7, 11) is 1.99. The number of carbonyl (C=O) groups excluding carboxylic acids is 1. The van der Waals surface area contributed by atoms with Crippen LogP contribution in [0.4, 0.5) is 0 Å². The molecule has 5 heteroatoms. The molecule has 0 bridgehead atoms. The molecule has 1 aliphatic heterocycles. The highest BCUT2D eigenvalue weighted by molar-refractivity contribution is 5.79. The summed E-state index contributed by atoms with van der Waals surface area (Å²) in [6, 6.07) is 4.27. The van der Waals surface area contributed by atoms with Crippen LogP contribution in [0.15, 0.2) is 24.5 Å². The van der Waals surface area contributed by atoms with Crippen LogP contribution in [-0.4, -0.2) is 53.4 Å². The van der Waals surface area contributed by atoms with Crippen LogP contribution in [0, 0.1) is 0 Å². The molecular weight excluding hydrogens is 228 g/mol. The Morgan fingerprint density at radius 1 is 1.44 bits per heavy atom. The Labute approximate surface area is 108 Å². The van der Waals surface area contributed by atoms with E-state index in [9.17, 15) is 4.79 Å². The van der Waals surface area contributed by atoms with Gasteiger partial charge in [0.2, 0.25) is 5.91 Å². The number of nitrogens with two attached hydrogens (primary N) is 1. The van der Waals surface area contributed by atoms with Gasteiger partial charge in [0.1, 0.15) is 0 Å². The first-order chi connectivity index (χ1) is 8.70. The van der Waals surface area contributed by atoms with Gasteiger partial charge in [0.15, 0.2) is 0 Å². The van der Waals surface area contributed by atoms with Gasteiger partial charge in [-0.05, 0) is 37.7 Å². The quantitative estimate of drug-likeness (QED) is 0.819. The topological polar surface area (TPSA) is 62.5 Å². The average molecular weight is 248 g/mol. The summed E-state index contributed by atoms with van der Waals surface area (Å²) < 4.78 is 0. The van der Waals surface area contributed by atoms with E-state index in [2.05, 4.69) is 9.88 Å². The molecule has 2 rings (SSSR count). The molecule has 1 amide bonds. The Kier molecular flexibility index (Phi) is 4.28. The number of aromatic nitrogens is 1. The first-order valence-electron chi connectivity index (χ1n) is 6.27. The molecule has 0 aromatic carbocycles. The second kappa shape index (κ2) is 5.93. The lowest BCUT2D eigenvalue weighted by Crippen LogP contribution is -2.54. The highest BCUT2D eigenvalue weighted by Crippen LogP contribution is 2.14. The lowest BCUT2D eigenvalue weighted by Gasteiger charge is -2.39. The number of pyridine rings is 1. The standard InChI is InChI=1S/C13H20N4O/c1-16-10-13(18)17(9-12(16)2-5-14)8-11-3-6-15-7-4-11/h3-4,6-7,12H,2,5,8-10,14H2,1H3. The molecule has 98 valence electrons. The number of hydrogen-bond donors (Lipinski definition) is 1. The zero-order valence-electron chi connectivity index (χ0n) is 10.7. The Morgan fingerprint density at radius 3 is 2.83 bits per heavy atom. The van der Waals surface area contributed by atoms with Gasteiger partial charge in [0, 0.05) is 31.5 Å². The lowest BCUT2D eigenvalue weighted by molar-refractivity contribution is -0.138. The summed E-state index contributed by atoms with van der Waals surface area (Å²) in [5.41, 5.74) is 6.74. The van der Waals surface area contributed by atoms with Crippen molar-refractivity contribution < 1.29 is 4.79 Å². The Bertz CT molecular complexity index is 395. The summed E-state index contributed by atoms with van der Waals surface area (Å²) in [5.74, 6) is 0.183. The molecular formula is C13H20N4O. The van der Waals surface area contributed by atoms with Crippen molar-refractivity contribution in [3.8, 4) is 0 Å². The van der Waals surface area contributed by atoms with Gasteiger partial charge in [-0.3, -0.25) is 14.7 Å². The number of piperazine rings is 1. The number of rotatable bonds is 4. The van der Waals surface area contributed by atoms with Crippen LogP contribution in [0.1, 0.15) is 12.0 Å². The largest absolute Gasteiger partial charge is 0.336 e. The molecule has 2 N–H and O–H groups in total. The molecule has 1 fully saturated rings. The van der Waals surface area contributed by atoms with E-state index in [1.807, 2.05) is 24.1 Å². The van der Waals surface area contributed by atoms with Crippen molar-refractivity contribution in [2.75, 3.05) is 26.7 Å². The third-order valence-corrected chi connectivity index (χ3v) is 3.41. The number of amides is 1. The van der Waals surface area contributed by atoms with Crippen molar-refractivity contribution in [2.45, 2.75) is 19.0 Å². The van der Waals surface area contributed by atoms with Gasteiger partial charge in [-0.2, -0.15) is 0 Å². The highest BCUT2D eigenvalue weighted by atomic mass is 16.2. The molecule has 0 saturated carbocycles. The van der Waals surface area contributed by atoms with Gasteiger partial charge in [0.05, 0.1) is 6.54 Å². The summed E-state index contributed by atoms with van der Waals surface area (Å²) >= 11 is 0. The van der Waals surface area contributed by atoms with Gasteiger partial charge in [-0.15, -0.1) is 0 Å². The molecule has 0 radical (unpaired) electrons. The average Bonchev–Trinajstić information content (AvgIpc) is 2.37. The van der Waals surface area contributed by atoms with E-state index in [1.54, 1.807) is 12.4 Å². The van der Waals surface area contributed by atoms with Gasteiger partial charge in [0.25, 0.3) is 0 Å². The summed E-state index contributed by atoms with van der Waals surface area (Å²) in [4.78, 5) is 20.0. The van der Waals surface area contributed by atoms with Crippen molar-refractivity contribution in [3.63, 3.8) is 0 Å². The zero-order valence-corrected chi connectivity index (χ0v) is 10.7. The highest BCUT2D eigenvalue weighted by Gasteiger charge is 2.28. The molecule has 18 heavy (non-hydrogen) atoms. The number of carbonyl (C=O) groups is 1. The fraction of sp³-hybridized carbons (Fsp3) is 0.538. The van der Waals surface area contributed by atoms with Crippen LogP contribution >= 0.6 is 0 Å². The maximum absolute atomic E-state index is 12.0. The molecule has 5 nitrogen and oxygen atoms in total. The minimum absolute atomic E-state index is 0.183. The molecule has 0 spiro atoms. The monoisotopic (exact) mass is 248 g/mol. The predicted molar refractivity (Wildman–Crippen MR) is 69.7 cm³/mol. The molecule has 1 aromatic heterocycles. The van der Waals surface area contributed by atoms with E-state index in [4.69, 9.17) is 5.73 Å². The minimum atomic E-state index is 0.183. The van der Waals surface area contributed by atoms with E-state index < -0.39 is 0 Å². The van der Waals surface area contributed by atoms with Crippen molar-refractivity contribution in [1.82, 2.24) is 14.8 Å². The summed E-state index contributed by atoms with van der Waals surface area (Å²) in [6.07, 6.45) is 4.44. The van der Waals surface area contributed by atoms with Gasteiger partial charge in [-0.1, -0.05) is 0 Å². The van der Waals surface area contributed by atoms with Crippen LogP contribution in [0.3, 0.4) is 0 Å². The van der Waals surface area contributed by atoms with Crippen molar-refractivity contribution in [1.29, 1.82) is 0 Å². The predicted octanol–water partition coefficient (Wildman–Crippen LogP) is 0.0730. The SMILES string of the molecule is CN1CC(=O)N(Cc2ccncc2)CC1CCN. The molecule has 0 aliphatic carbocycles. The van der Waals surface area contributed by atoms with Crippen LogP contribution in [-0.2, 0) is 11.3 Å². The lowest BCUT2D eigenvalue weighted by atomic mass is 10.1. The van der Waals surface area contributed by atoms with Gasteiger partial charge < -0.3 is 10.6 Å². The normalized spacial score (nSPS) is 21.3. The molecule has 1 unspecified atom stereocenters. The summed E-state index contributed by atoms with van der Waals surface area (Å²) in [5, 5.41) is 0. The third-order valence-electron chi connectivity index (χ3n) is 3.41. The van der Waals surface area contributed by atoms with Crippen LogP contribution < -0.4 is 5.73 Å². The first kappa shape index (κ1) is 13.0. The second-order valence-corrected chi connectivity index (χ2v) is 4.78. The van der Waals surface area contributed by atoms with Crippen LogP contribution in [0.2, 0.25) is 0 Å². The Balaban J connectivity index is 2.01. The number of nitrogens with zero attached hydrogens (tertiary/aromatic N) is 3. The molecule has 1 saturated heterocycles. The summed E-state index contributed by atoms with van der Waals surface area (Å²) in [6.45, 7) is 2.56. The Morgan fingerprint density at radius 2 is 2.17 bits per heavy atom. The van der Waals surface area contributed by atoms with Gasteiger partial charge in [-0.25, -0.2) is 0 Å². The third kappa shape index (κ3) is 3.05. The zero-order chi connectivity index (χ0) is 13.0. The smallest absolute Gasteiger partial charge is 0.237 e. The van der Waals surface area contributed by atoms with E-state index in [1.165, 1.54) is 0 Å². The molecule has 1 aromatic rings. The Hall–Kier alpha value is -1.46. The van der Waals surface area contributed by atoms with E-state index >= 15 is 0 Å². The fourth-order valence-corrected chi connectivity index (χ4v) is 2.30. The van der Waals surface area contributed by atoms with Crippen molar-refractivity contribution in [3.05, 3.63) is 30.1 Å². The molecule has 1 atom stereocenters. The van der Waals surface area contributed by atoms with E-state index in [0.717, 1.165) is 18.5 Å². The van der Waals surface area contributed by atoms with Crippen LogP contribution in [0.5, 0.6) is 0 Å². The van der Waals surface area contributed by atoms with Crippen molar-refractivity contribution in [2.24, 2.45) is 5.73 Å². The van der Waals surface area contributed by atoms with Crippen LogP contribution in [0.25, 0.3) is 0 Å². The number of hydrogen-bond acceptors (Lipinski definition) is 4. The first-order valence-corrected chi connectivity index (χ1v) is 6.27. The number of likely N-dealkylation sites (N-methyl/N-ethyl adjacent to an activating group) is 1. The van der Waals surface area contributed by atoms with E-state index in [-0.39, 0.29) is 5.91 Å². The van der Waals surface area contributed by atoms with Gasteiger partial charge >= 0.3 is 0 Å².